The second-order valence-electron chi connectivity index (χ2n) is 3.12. The molecule has 0 amide bonds. The maximum Gasteiger partial charge on any atom is 0.0998 e. The molecular weight excluding hydrogens is 190 g/mol. The third-order valence-corrected chi connectivity index (χ3v) is 2.18. The Balaban J connectivity index is 2.92. The quantitative estimate of drug-likeness (QED) is 0.749. The van der Waals surface area contributed by atoms with Crippen molar-refractivity contribution in [2.45, 2.75) is 13.3 Å². The Bertz CT molecular complexity index is 374. The lowest BCUT2D eigenvalue weighted by molar-refractivity contribution is 1.26. The number of thiol groups is 1. The number of aryl methyl sites for hydroxylation is 1. The van der Waals surface area contributed by atoms with Crippen molar-refractivity contribution in [1.29, 1.82) is 5.26 Å². The number of hydrogen-bond donors (Lipinski definition) is 1. The summed E-state index contributed by atoms with van der Waals surface area (Å²) in [5.74, 6) is 0.838. The summed E-state index contributed by atoms with van der Waals surface area (Å²) in [5, 5.41) is 8.90. The molecule has 0 radical (unpaired) electrons. The van der Waals surface area contributed by atoms with Crippen molar-refractivity contribution in [1.82, 2.24) is 0 Å². The first-order valence-electron chi connectivity index (χ1n) is 4.56. The van der Waals surface area contributed by atoms with Crippen molar-refractivity contribution in [3.63, 3.8) is 0 Å². The van der Waals surface area contributed by atoms with Gasteiger partial charge in [0, 0.05) is 0 Å². The third-order valence-electron chi connectivity index (χ3n) is 1.92. The van der Waals surface area contributed by atoms with Gasteiger partial charge in [-0.1, -0.05) is 24.3 Å². The summed E-state index contributed by atoms with van der Waals surface area (Å²) in [5.41, 5.74) is 2.84. The normalized spacial score (nSPS) is 10.4. The van der Waals surface area contributed by atoms with Crippen molar-refractivity contribution < 1.29 is 0 Å². The van der Waals surface area contributed by atoms with Gasteiger partial charge in [-0.25, -0.2) is 0 Å². The van der Waals surface area contributed by atoms with E-state index >= 15 is 0 Å². The molecule has 72 valence electrons. The standard InChI is InChI=1S/C12H13NS/c1-10-5-6-11(4-2-3-7-14)12(8-10)9-13/h2,4-6,8,14H,3,7H2,1H3. The molecule has 1 aromatic carbocycles. The summed E-state index contributed by atoms with van der Waals surface area (Å²) < 4.78 is 0. The van der Waals surface area contributed by atoms with Crippen LogP contribution in [-0.4, -0.2) is 5.75 Å². The SMILES string of the molecule is Cc1ccc(C=CCCS)c(C#N)c1. The number of hydrogen-bond acceptors (Lipinski definition) is 2. The minimum absolute atomic E-state index is 0.736. The van der Waals surface area contributed by atoms with Crippen LogP contribution in [0.5, 0.6) is 0 Å². The molecule has 1 rings (SSSR count). The van der Waals surface area contributed by atoms with Gasteiger partial charge in [-0.05, 0) is 36.3 Å². The summed E-state index contributed by atoms with van der Waals surface area (Å²) in [7, 11) is 0. The number of nitrogens with zero attached hydrogens (tertiary/aromatic N) is 1. The molecule has 0 unspecified atom stereocenters. The second-order valence-corrected chi connectivity index (χ2v) is 3.56. The average Bonchev–Trinajstić information content (AvgIpc) is 2.20. The Kier molecular flexibility index (Phi) is 4.28. The average molecular weight is 203 g/mol. The van der Waals surface area contributed by atoms with Gasteiger partial charge >= 0.3 is 0 Å². The molecule has 0 N–H and O–H groups in total. The summed E-state index contributed by atoms with van der Waals surface area (Å²) in [6.07, 6.45) is 4.95. The van der Waals surface area contributed by atoms with E-state index < -0.39 is 0 Å². The highest BCUT2D eigenvalue weighted by Crippen LogP contribution is 2.12. The smallest absolute Gasteiger partial charge is 0.0998 e. The highest BCUT2D eigenvalue weighted by molar-refractivity contribution is 7.80. The maximum atomic E-state index is 8.90. The van der Waals surface area contributed by atoms with Gasteiger partial charge in [-0.2, -0.15) is 17.9 Å². The Morgan fingerprint density at radius 1 is 1.50 bits per heavy atom. The Hall–Kier alpha value is -1.20. The number of nitriles is 1. The monoisotopic (exact) mass is 203 g/mol. The van der Waals surface area contributed by atoms with Crippen LogP contribution in [-0.2, 0) is 0 Å². The molecule has 0 saturated heterocycles. The van der Waals surface area contributed by atoms with E-state index in [9.17, 15) is 0 Å². The minimum atomic E-state index is 0.736. The molecule has 1 nitrogen and oxygen atoms in total. The van der Waals surface area contributed by atoms with E-state index in [1.807, 2.05) is 37.3 Å². The molecule has 0 aliphatic heterocycles. The molecular formula is C12H13NS. The summed E-state index contributed by atoms with van der Waals surface area (Å²) >= 11 is 4.12. The highest BCUT2D eigenvalue weighted by Gasteiger charge is 1.97. The number of allylic oxidation sites excluding steroid dienone is 1. The predicted octanol–water partition coefficient (Wildman–Crippen LogP) is 3.20. The van der Waals surface area contributed by atoms with E-state index in [1.54, 1.807) is 0 Å². The topological polar surface area (TPSA) is 23.8 Å². The Labute approximate surface area is 90.5 Å². The lowest BCUT2D eigenvalue weighted by Gasteiger charge is -1.98. The predicted molar refractivity (Wildman–Crippen MR) is 63.4 cm³/mol. The molecule has 0 heterocycles. The Morgan fingerprint density at radius 2 is 2.29 bits per heavy atom. The molecule has 2 heteroatoms. The van der Waals surface area contributed by atoms with Crippen LogP contribution in [0.25, 0.3) is 6.08 Å². The molecule has 0 aromatic heterocycles. The zero-order valence-corrected chi connectivity index (χ0v) is 9.09. The first-order chi connectivity index (χ1) is 6.77. The van der Waals surface area contributed by atoms with Crippen LogP contribution in [0.1, 0.15) is 23.1 Å². The van der Waals surface area contributed by atoms with Crippen molar-refractivity contribution in [2.24, 2.45) is 0 Å². The second kappa shape index (κ2) is 5.51. The van der Waals surface area contributed by atoms with E-state index in [1.165, 1.54) is 0 Å². The van der Waals surface area contributed by atoms with Crippen LogP contribution in [0.4, 0.5) is 0 Å². The first-order valence-corrected chi connectivity index (χ1v) is 5.19. The van der Waals surface area contributed by atoms with E-state index in [2.05, 4.69) is 18.7 Å². The summed E-state index contributed by atoms with van der Waals surface area (Å²) in [6, 6.07) is 8.09. The van der Waals surface area contributed by atoms with E-state index in [0.717, 1.165) is 28.9 Å². The summed E-state index contributed by atoms with van der Waals surface area (Å²) in [6.45, 7) is 1.99. The van der Waals surface area contributed by atoms with Crippen molar-refractivity contribution in [3.05, 3.63) is 41.0 Å². The maximum absolute atomic E-state index is 8.90. The molecule has 14 heavy (non-hydrogen) atoms. The molecule has 1 aromatic rings. The fraction of sp³-hybridized carbons (Fsp3) is 0.250. The molecule has 0 bridgehead atoms. The lowest BCUT2D eigenvalue weighted by Crippen LogP contribution is -1.83. The molecule has 0 fully saturated rings. The molecule has 0 saturated carbocycles. The van der Waals surface area contributed by atoms with Crippen molar-refractivity contribution in [2.75, 3.05) is 5.75 Å². The first kappa shape index (κ1) is 10.9. The van der Waals surface area contributed by atoms with E-state index in [0.29, 0.717) is 0 Å². The fourth-order valence-corrected chi connectivity index (χ4v) is 1.35. The molecule has 0 aliphatic carbocycles. The van der Waals surface area contributed by atoms with E-state index in [4.69, 9.17) is 5.26 Å². The molecule has 0 aliphatic rings. The van der Waals surface area contributed by atoms with Gasteiger partial charge in [0.25, 0.3) is 0 Å². The van der Waals surface area contributed by atoms with Crippen LogP contribution in [0.2, 0.25) is 0 Å². The number of benzene rings is 1. The van der Waals surface area contributed by atoms with Gasteiger partial charge in [0.2, 0.25) is 0 Å². The fourth-order valence-electron chi connectivity index (χ4n) is 1.20. The zero-order chi connectivity index (χ0) is 10.4. The van der Waals surface area contributed by atoms with Crippen molar-refractivity contribution >= 4 is 18.7 Å². The van der Waals surface area contributed by atoms with Gasteiger partial charge in [-0.3, -0.25) is 0 Å². The highest BCUT2D eigenvalue weighted by atomic mass is 32.1. The minimum Gasteiger partial charge on any atom is -0.192 e. The van der Waals surface area contributed by atoms with Gasteiger partial charge in [0.05, 0.1) is 11.6 Å². The van der Waals surface area contributed by atoms with Crippen molar-refractivity contribution in [3.8, 4) is 6.07 Å². The summed E-state index contributed by atoms with van der Waals surface area (Å²) in [4.78, 5) is 0. The van der Waals surface area contributed by atoms with Crippen LogP contribution in [0, 0.1) is 18.3 Å². The van der Waals surface area contributed by atoms with Gasteiger partial charge in [0.15, 0.2) is 0 Å². The number of rotatable bonds is 3. The van der Waals surface area contributed by atoms with Gasteiger partial charge in [0.1, 0.15) is 0 Å². The third kappa shape index (κ3) is 2.93. The van der Waals surface area contributed by atoms with Crippen LogP contribution in [0.3, 0.4) is 0 Å². The molecule has 0 atom stereocenters. The molecule has 0 spiro atoms. The largest absolute Gasteiger partial charge is 0.192 e. The zero-order valence-electron chi connectivity index (χ0n) is 8.20. The van der Waals surface area contributed by atoms with Gasteiger partial charge < -0.3 is 0 Å². The van der Waals surface area contributed by atoms with Gasteiger partial charge in [-0.15, -0.1) is 0 Å². The lowest BCUT2D eigenvalue weighted by atomic mass is 10.0. The van der Waals surface area contributed by atoms with Crippen LogP contribution in [0.15, 0.2) is 24.3 Å². The van der Waals surface area contributed by atoms with E-state index in [-0.39, 0.29) is 0 Å². The Morgan fingerprint density at radius 3 is 2.93 bits per heavy atom. The van der Waals surface area contributed by atoms with Crippen LogP contribution < -0.4 is 0 Å². The van der Waals surface area contributed by atoms with Crippen LogP contribution >= 0.6 is 12.6 Å².